The number of rotatable bonds is 4. The second-order valence-electron chi connectivity index (χ2n) is 7.04. The number of halogens is 1. The van der Waals surface area contributed by atoms with Gasteiger partial charge >= 0.3 is 0 Å². The lowest BCUT2D eigenvalue weighted by Gasteiger charge is -2.29. The monoisotopic (exact) mass is 353 g/mol. The average Bonchev–Trinajstić information content (AvgIpc) is 3.03. The lowest BCUT2D eigenvalue weighted by Crippen LogP contribution is -2.43. The van der Waals surface area contributed by atoms with E-state index in [1.807, 2.05) is 24.4 Å². The van der Waals surface area contributed by atoms with Gasteiger partial charge in [0.1, 0.15) is 17.2 Å². The quantitative estimate of drug-likeness (QED) is 0.783. The van der Waals surface area contributed by atoms with Gasteiger partial charge in [0, 0.05) is 43.9 Å². The molecule has 0 atom stereocenters. The third kappa shape index (κ3) is 3.05. The average molecular weight is 353 g/mol. The van der Waals surface area contributed by atoms with Crippen molar-refractivity contribution in [2.75, 3.05) is 31.1 Å². The van der Waals surface area contributed by atoms with Crippen LogP contribution in [0.25, 0.3) is 11.2 Å². The number of imidazole rings is 1. The van der Waals surface area contributed by atoms with Crippen molar-refractivity contribution in [2.45, 2.75) is 26.3 Å². The number of piperazine rings is 1. The summed E-state index contributed by atoms with van der Waals surface area (Å²) in [5.41, 5.74) is 3.51. The maximum Gasteiger partial charge on any atom is 0.162 e. The van der Waals surface area contributed by atoms with Gasteiger partial charge in [0.2, 0.25) is 0 Å². The maximum absolute atomic E-state index is 14.2. The summed E-state index contributed by atoms with van der Waals surface area (Å²) in [4.78, 5) is 11.9. The molecule has 1 aliphatic heterocycles. The van der Waals surface area contributed by atoms with Crippen molar-refractivity contribution < 1.29 is 4.39 Å². The minimum atomic E-state index is -0.192. The summed E-state index contributed by atoms with van der Waals surface area (Å²) in [7, 11) is 0. The summed E-state index contributed by atoms with van der Waals surface area (Å²) < 4.78 is 16.3. The molecule has 0 radical (unpaired) electrons. The minimum absolute atomic E-state index is 0.192. The van der Waals surface area contributed by atoms with Crippen molar-refractivity contribution in [3.63, 3.8) is 0 Å². The van der Waals surface area contributed by atoms with Gasteiger partial charge in [-0.05, 0) is 12.1 Å². The Bertz CT molecular complexity index is 912. The first kappa shape index (κ1) is 17.0. The van der Waals surface area contributed by atoms with E-state index in [1.54, 1.807) is 6.07 Å². The second kappa shape index (κ2) is 7.03. The molecule has 0 spiro atoms. The lowest BCUT2D eigenvalue weighted by molar-refractivity contribution is 0.590. The van der Waals surface area contributed by atoms with E-state index in [0.717, 1.165) is 48.9 Å². The van der Waals surface area contributed by atoms with Crippen LogP contribution in [-0.4, -0.2) is 40.7 Å². The van der Waals surface area contributed by atoms with Crippen molar-refractivity contribution in [1.82, 2.24) is 19.9 Å². The normalized spacial score (nSPS) is 15.2. The van der Waals surface area contributed by atoms with Gasteiger partial charge in [0.25, 0.3) is 0 Å². The van der Waals surface area contributed by atoms with Gasteiger partial charge in [-0.2, -0.15) is 0 Å². The number of hydrogen-bond donors (Lipinski definition) is 1. The van der Waals surface area contributed by atoms with Crippen molar-refractivity contribution in [3.05, 3.63) is 53.7 Å². The smallest absolute Gasteiger partial charge is 0.162 e. The topological polar surface area (TPSA) is 46.0 Å². The predicted octanol–water partition coefficient (Wildman–Crippen LogP) is 3.15. The van der Waals surface area contributed by atoms with E-state index in [-0.39, 0.29) is 11.7 Å². The van der Waals surface area contributed by atoms with Crippen LogP contribution in [0.1, 0.15) is 31.2 Å². The Kier molecular flexibility index (Phi) is 4.59. The molecular weight excluding hydrogens is 329 g/mol. The summed E-state index contributed by atoms with van der Waals surface area (Å²) in [6.45, 7) is 8.52. The number of aromatic nitrogens is 3. The molecule has 2 aromatic heterocycles. The van der Waals surface area contributed by atoms with Crippen molar-refractivity contribution in [2.24, 2.45) is 0 Å². The van der Waals surface area contributed by atoms with Crippen LogP contribution in [0.2, 0.25) is 0 Å². The van der Waals surface area contributed by atoms with Gasteiger partial charge in [0.05, 0.1) is 12.2 Å². The first-order chi connectivity index (χ1) is 12.6. The van der Waals surface area contributed by atoms with E-state index in [2.05, 4.69) is 33.6 Å². The molecule has 5 nitrogen and oxygen atoms in total. The Hall–Kier alpha value is -2.47. The molecule has 0 saturated carbocycles. The zero-order valence-electron chi connectivity index (χ0n) is 15.2. The number of benzene rings is 1. The van der Waals surface area contributed by atoms with E-state index >= 15 is 0 Å². The molecule has 0 unspecified atom stereocenters. The van der Waals surface area contributed by atoms with Gasteiger partial charge in [-0.3, -0.25) is 0 Å². The highest BCUT2D eigenvalue weighted by Crippen LogP contribution is 2.29. The molecule has 6 heteroatoms. The van der Waals surface area contributed by atoms with E-state index in [0.29, 0.717) is 12.1 Å². The van der Waals surface area contributed by atoms with Gasteiger partial charge in [-0.15, -0.1) is 0 Å². The molecular formula is C20H24FN5. The highest BCUT2D eigenvalue weighted by atomic mass is 19.1. The minimum Gasteiger partial charge on any atom is -0.367 e. The molecule has 1 N–H and O–H groups in total. The highest BCUT2D eigenvalue weighted by Gasteiger charge is 2.21. The van der Waals surface area contributed by atoms with Crippen LogP contribution >= 0.6 is 0 Å². The van der Waals surface area contributed by atoms with Crippen molar-refractivity contribution >= 4 is 16.9 Å². The summed E-state index contributed by atoms with van der Waals surface area (Å²) in [6.07, 6.45) is 1.84. The van der Waals surface area contributed by atoms with Gasteiger partial charge < -0.3 is 14.8 Å². The number of nitrogens with zero attached hydrogens (tertiary/aromatic N) is 4. The fraction of sp³-hybridized carbons (Fsp3) is 0.400. The zero-order valence-corrected chi connectivity index (χ0v) is 15.2. The number of pyridine rings is 1. The Morgan fingerprint density at radius 3 is 2.65 bits per heavy atom. The van der Waals surface area contributed by atoms with Crippen LogP contribution in [0.15, 0.2) is 36.5 Å². The molecule has 0 aliphatic carbocycles. The number of fused-ring (bicyclic) bond motifs is 1. The fourth-order valence-electron chi connectivity index (χ4n) is 3.58. The van der Waals surface area contributed by atoms with E-state index in [4.69, 9.17) is 4.98 Å². The molecule has 136 valence electrons. The molecule has 26 heavy (non-hydrogen) atoms. The van der Waals surface area contributed by atoms with Crippen molar-refractivity contribution in [3.8, 4) is 0 Å². The van der Waals surface area contributed by atoms with Crippen LogP contribution in [0.3, 0.4) is 0 Å². The SMILES string of the molecule is CC(C)c1nc2c(N3CCNCC3)ccnc2n1Cc1ccccc1F. The molecule has 1 aliphatic rings. The third-order valence-corrected chi connectivity index (χ3v) is 4.90. The standard InChI is InChI=1S/C20H24FN5/c1-14(2)19-24-18-17(25-11-9-22-10-12-25)7-8-23-20(18)26(19)13-15-5-3-4-6-16(15)21/h3-8,14,22H,9-13H2,1-2H3. The molecule has 1 aromatic carbocycles. The summed E-state index contributed by atoms with van der Waals surface area (Å²) in [5, 5.41) is 3.38. The lowest BCUT2D eigenvalue weighted by atomic mass is 10.2. The second-order valence-corrected chi connectivity index (χ2v) is 7.04. The molecule has 0 bridgehead atoms. The number of anilines is 1. The predicted molar refractivity (Wildman–Crippen MR) is 102 cm³/mol. The summed E-state index contributed by atoms with van der Waals surface area (Å²) in [6, 6.07) is 8.95. The molecule has 0 amide bonds. The molecule has 1 fully saturated rings. The van der Waals surface area contributed by atoms with Crippen molar-refractivity contribution in [1.29, 1.82) is 0 Å². The molecule has 3 heterocycles. The fourth-order valence-corrected chi connectivity index (χ4v) is 3.58. The van der Waals surface area contributed by atoms with Gasteiger partial charge in [0.15, 0.2) is 5.65 Å². The summed E-state index contributed by atoms with van der Waals surface area (Å²) in [5.74, 6) is 0.979. The molecule has 3 aromatic rings. The molecule has 4 rings (SSSR count). The van der Waals surface area contributed by atoms with E-state index in [9.17, 15) is 4.39 Å². The van der Waals surface area contributed by atoms with Crippen LogP contribution in [-0.2, 0) is 6.54 Å². The van der Waals surface area contributed by atoms with Crippen LogP contribution in [0.5, 0.6) is 0 Å². The third-order valence-electron chi connectivity index (χ3n) is 4.90. The Labute approximate surface area is 152 Å². The number of hydrogen-bond acceptors (Lipinski definition) is 4. The first-order valence-corrected chi connectivity index (χ1v) is 9.19. The van der Waals surface area contributed by atoms with E-state index in [1.165, 1.54) is 6.07 Å². The van der Waals surface area contributed by atoms with Crippen LogP contribution in [0, 0.1) is 5.82 Å². The van der Waals surface area contributed by atoms with Gasteiger partial charge in [-0.1, -0.05) is 32.0 Å². The van der Waals surface area contributed by atoms with Gasteiger partial charge in [-0.25, -0.2) is 14.4 Å². The molecule has 1 saturated heterocycles. The summed E-state index contributed by atoms with van der Waals surface area (Å²) >= 11 is 0. The Balaban J connectivity index is 1.83. The maximum atomic E-state index is 14.2. The zero-order chi connectivity index (χ0) is 18.1. The highest BCUT2D eigenvalue weighted by molar-refractivity contribution is 5.86. The Morgan fingerprint density at radius 2 is 1.92 bits per heavy atom. The largest absolute Gasteiger partial charge is 0.367 e. The number of nitrogens with one attached hydrogen (secondary N) is 1. The first-order valence-electron chi connectivity index (χ1n) is 9.19. The van der Waals surface area contributed by atoms with E-state index < -0.39 is 0 Å². The van der Waals surface area contributed by atoms with Crippen LogP contribution in [0.4, 0.5) is 10.1 Å². The Morgan fingerprint density at radius 1 is 1.15 bits per heavy atom. The van der Waals surface area contributed by atoms with Crippen LogP contribution < -0.4 is 10.2 Å².